The smallest absolute Gasteiger partial charge is 0.290 e. The Bertz CT molecular complexity index is 664. The maximum Gasteiger partial charge on any atom is 0.290 e. The molecule has 3 N–H and O–H groups in total. The van der Waals surface area contributed by atoms with Crippen LogP contribution in [0.15, 0.2) is 41.7 Å². The Morgan fingerprint density at radius 3 is 2.42 bits per heavy atom. The maximum atomic E-state index is 12.4. The molecule has 0 aromatic heterocycles. The number of aliphatic hydroxyl groups excluding tert-OH is 1. The number of hydrogen-bond donors (Lipinski definition) is 3. The van der Waals surface area contributed by atoms with Gasteiger partial charge < -0.3 is 15.7 Å². The first-order valence-electron chi connectivity index (χ1n) is 9.06. The largest absolute Gasteiger partial charge is 0.510 e. The van der Waals surface area contributed by atoms with E-state index in [-0.39, 0.29) is 5.76 Å². The monoisotopic (exact) mass is 358 g/mol. The summed E-state index contributed by atoms with van der Waals surface area (Å²) in [5.41, 5.74) is 1.88. The zero-order valence-electron chi connectivity index (χ0n) is 15.0. The first-order chi connectivity index (χ1) is 12.6. The Balaban J connectivity index is 2.13. The Morgan fingerprint density at radius 2 is 1.88 bits per heavy atom. The van der Waals surface area contributed by atoms with E-state index in [2.05, 4.69) is 10.6 Å². The fourth-order valence-electron chi connectivity index (χ4n) is 2.97. The fraction of sp³-hybridized carbons (Fsp3) is 0.450. The normalized spacial score (nSPS) is 15.3. The van der Waals surface area contributed by atoms with E-state index in [0.717, 1.165) is 30.4 Å². The number of allylic oxidation sites excluding steroid dienone is 1. The van der Waals surface area contributed by atoms with Gasteiger partial charge in [-0.2, -0.15) is 0 Å². The van der Waals surface area contributed by atoms with Crippen molar-refractivity contribution < 1.29 is 19.5 Å². The molecule has 0 aliphatic heterocycles. The minimum Gasteiger partial charge on any atom is -0.510 e. The molecule has 2 unspecified atom stereocenters. The van der Waals surface area contributed by atoms with Gasteiger partial charge >= 0.3 is 0 Å². The molecule has 1 aromatic carbocycles. The number of ketones is 1. The summed E-state index contributed by atoms with van der Waals surface area (Å²) in [5.74, 6) is -1.33. The third-order valence-corrected chi connectivity index (χ3v) is 4.62. The standard InChI is InChI=1S/C20H26N2O4/c1-2-7-16(21-13-23)19(25)20(26)22-17(18(24)15-10-6-11-15)12-14-8-4-3-5-9-14/h3-5,8-9,13,16-17,24H,2,6-7,10-12H2,1H3,(H,21,23)(H,22,26). The predicted octanol–water partition coefficient (Wildman–Crippen LogP) is 2.19. The molecule has 2 rings (SSSR count). The van der Waals surface area contributed by atoms with E-state index in [9.17, 15) is 19.5 Å². The van der Waals surface area contributed by atoms with E-state index in [0.29, 0.717) is 25.7 Å². The zero-order valence-corrected chi connectivity index (χ0v) is 15.0. The van der Waals surface area contributed by atoms with Gasteiger partial charge in [0.15, 0.2) is 0 Å². The second-order valence-corrected chi connectivity index (χ2v) is 6.55. The highest BCUT2D eigenvalue weighted by atomic mass is 16.3. The molecule has 1 aliphatic rings. The van der Waals surface area contributed by atoms with Crippen molar-refractivity contribution in [1.82, 2.24) is 10.6 Å². The van der Waals surface area contributed by atoms with Gasteiger partial charge in [-0.3, -0.25) is 14.4 Å². The average Bonchev–Trinajstić information content (AvgIpc) is 2.59. The van der Waals surface area contributed by atoms with Gasteiger partial charge in [-0.1, -0.05) is 43.7 Å². The molecule has 0 spiro atoms. The van der Waals surface area contributed by atoms with Crippen molar-refractivity contribution in [2.45, 2.75) is 57.5 Å². The first kappa shape index (κ1) is 19.7. The van der Waals surface area contributed by atoms with E-state index in [1.165, 1.54) is 0 Å². The van der Waals surface area contributed by atoms with Crippen LogP contribution in [0.5, 0.6) is 0 Å². The van der Waals surface area contributed by atoms with Crippen molar-refractivity contribution in [2.24, 2.45) is 0 Å². The quantitative estimate of drug-likeness (QED) is 0.339. The molecule has 0 heterocycles. The minimum absolute atomic E-state index is 0.150. The number of rotatable bonds is 10. The van der Waals surface area contributed by atoms with Gasteiger partial charge in [0.05, 0.1) is 12.1 Å². The van der Waals surface area contributed by atoms with Gasteiger partial charge in [-0.15, -0.1) is 0 Å². The lowest BCUT2D eigenvalue weighted by Gasteiger charge is -2.25. The minimum atomic E-state index is -0.839. The second kappa shape index (κ2) is 9.75. The van der Waals surface area contributed by atoms with Gasteiger partial charge in [0.25, 0.3) is 5.91 Å². The molecular weight excluding hydrogens is 332 g/mol. The van der Waals surface area contributed by atoms with Crippen LogP contribution in [0.3, 0.4) is 0 Å². The highest BCUT2D eigenvalue weighted by Crippen LogP contribution is 2.29. The zero-order chi connectivity index (χ0) is 18.9. The topological polar surface area (TPSA) is 95.5 Å². The molecule has 1 saturated carbocycles. The van der Waals surface area contributed by atoms with Gasteiger partial charge in [-0.05, 0) is 43.2 Å². The van der Waals surface area contributed by atoms with Crippen LogP contribution in [0.25, 0.3) is 0 Å². The molecule has 1 fully saturated rings. The Morgan fingerprint density at radius 1 is 1.19 bits per heavy atom. The molecule has 1 aliphatic carbocycles. The molecule has 1 aromatic rings. The number of hydrogen-bond acceptors (Lipinski definition) is 4. The summed E-state index contributed by atoms with van der Waals surface area (Å²) in [6.07, 6.45) is 4.52. The highest BCUT2D eigenvalue weighted by Gasteiger charge is 2.29. The molecule has 2 atom stereocenters. The van der Waals surface area contributed by atoms with Crippen molar-refractivity contribution in [3.05, 3.63) is 47.2 Å². The molecule has 0 saturated heterocycles. The number of carbonyl (C=O) groups is 3. The first-order valence-corrected chi connectivity index (χ1v) is 9.06. The summed E-state index contributed by atoms with van der Waals surface area (Å²) in [5, 5.41) is 15.6. The molecule has 2 amide bonds. The number of aliphatic hydroxyl groups is 1. The van der Waals surface area contributed by atoms with Crippen molar-refractivity contribution in [1.29, 1.82) is 0 Å². The fourth-order valence-corrected chi connectivity index (χ4v) is 2.97. The van der Waals surface area contributed by atoms with Crippen molar-refractivity contribution >= 4 is 18.1 Å². The highest BCUT2D eigenvalue weighted by molar-refractivity contribution is 6.38. The van der Waals surface area contributed by atoms with Crippen LogP contribution in [-0.4, -0.2) is 35.3 Å². The summed E-state index contributed by atoms with van der Waals surface area (Å²) >= 11 is 0. The SMILES string of the molecule is CCCC(NC=O)C(=O)C(=O)NC(Cc1ccccc1)C(O)=C1CCC1. The number of nitrogens with one attached hydrogen (secondary N) is 2. The Kier molecular flexibility index (Phi) is 7.38. The van der Waals surface area contributed by atoms with Crippen LogP contribution in [-0.2, 0) is 20.8 Å². The van der Waals surface area contributed by atoms with Gasteiger partial charge in [0.1, 0.15) is 5.76 Å². The third kappa shape index (κ3) is 5.18. The van der Waals surface area contributed by atoms with Crippen molar-refractivity contribution in [3.63, 3.8) is 0 Å². The molecule has 0 bridgehead atoms. The maximum absolute atomic E-state index is 12.4. The molecule has 140 valence electrons. The summed E-state index contributed by atoms with van der Waals surface area (Å²) in [6.45, 7) is 1.87. The summed E-state index contributed by atoms with van der Waals surface area (Å²) in [6, 6.07) is 8.00. The van der Waals surface area contributed by atoms with Crippen LogP contribution in [0.2, 0.25) is 0 Å². The molecule has 6 nitrogen and oxygen atoms in total. The van der Waals surface area contributed by atoms with Gasteiger partial charge in [0.2, 0.25) is 12.2 Å². The van der Waals surface area contributed by atoms with Crippen molar-refractivity contribution in [2.75, 3.05) is 0 Å². The number of benzene rings is 1. The molecule has 0 radical (unpaired) electrons. The number of amides is 2. The Labute approximate surface area is 153 Å². The summed E-state index contributed by atoms with van der Waals surface area (Å²) in [7, 11) is 0. The third-order valence-electron chi connectivity index (χ3n) is 4.62. The van der Waals surface area contributed by atoms with Gasteiger partial charge in [0, 0.05) is 0 Å². The predicted molar refractivity (Wildman–Crippen MR) is 98.5 cm³/mol. The van der Waals surface area contributed by atoms with Crippen LogP contribution in [0.4, 0.5) is 0 Å². The lowest BCUT2D eigenvalue weighted by atomic mass is 9.88. The molecule has 26 heavy (non-hydrogen) atoms. The van der Waals surface area contributed by atoms with E-state index in [1.54, 1.807) is 0 Å². The van der Waals surface area contributed by atoms with E-state index < -0.39 is 23.8 Å². The van der Waals surface area contributed by atoms with E-state index in [4.69, 9.17) is 0 Å². The van der Waals surface area contributed by atoms with E-state index in [1.807, 2.05) is 37.3 Å². The molecule has 6 heteroatoms. The lowest BCUT2D eigenvalue weighted by molar-refractivity contribution is -0.140. The van der Waals surface area contributed by atoms with Crippen LogP contribution in [0, 0.1) is 0 Å². The Hall–Kier alpha value is -2.63. The number of Topliss-reactive ketones (excluding diaryl/α,β-unsaturated/α-hetero) is 1. The van der Waals surface area contributed by atoms with Crippen LogP contribution >= 0.6 is 0 Å². The van der Waals surface area contributed by atoms with Crippen LogP contribution in [0.1, 0.15) is 44.6 Å². The van der Waals surface area contributed by atoms with Gasteiger partial charge in [-0.25, -0.2) is 0 Å². The van der Waals surface area contributed by atoms with Crippen LogP contribution < -0.4 is 10.6 Å². The molecular formula is C20H26N2O4. The second-order valence-electron chi connectivity index (χ2n) is 6.55. The summed E-state index contributed by atoms with van der Waals surface area (Å²) in [4.78, 5) is 35.5. The average molecular weight is 358 g/mol. The summed E-state index contributed by atoms with van der Waals surface area (Å²) < 4.78 is 0. The van der Waals surface area contributed by atoms with E-state index >= 15 is 0 Å². The lowest BCUT2D eigenvalue weighted by Crippen LogP contribution is -2.49. The van der Waals surface area contributed by atoms with Crippen molar-refractivity contribution in [3.8, 4) is 0 Å². The number of carbonyl (C=O) groups excluding carboxylic acids is 3.